The van der Waals surface area contributed by atoms with Crippen LogP contribution in [0.5, 0.6) is 0 Å². The number of methoxy groups -OCH3 is 2. The van der Waals surface area contributed by atoms with E-state index in [1.807, 2.05) is 0 Å². The molecule has 0 fully saturated rings. The molecule has 0 aliphatic rings. The van der Waals surface area contributed by atoms with Crippen LogP contribution in [0.1, 0.15) is 27.7 Å². The van der Waals surface area contributed by atoms with Crippen molar-refractivity contribution >= 4 is 0 Å². The minimum atomic E-state index is 0.145. The summed E-state index contributed by atoms with van der Waals surface area (Å²) in [6.45, 7) is 13.2. The summed E-state index contributed by atoms with van der Waals surface area (Å²) in [6.07, 6.45) is 0. The molecule has 1 N–H and O–H groups in total. The monoisotopic (exact) mass is 246 g/mol. The largest absolute Gasteiger partial charge is 0.383 e. The number of hydrogen-bond donors (Lipinski definition) is 1. The minimum Gasteiger partial charge on any atom is -0.383 e. The molecule has 0 aliphatic heterocycles. The molecule has 0 bridgehead atoms. The van der Waals surface area contributed by atoms with E-state index in [1.54, 1.807) is 14.2 Å². The van der Waals surface area contributed by atoms with Crippen LogP contribution in [0.15, 0.2) is 0 Å². The van der Waals surface area contributed by atoms with Crippen molar-refractivity contribution in [3.63, 3.8) is 0 Å². The van der Waals surface area contributed by atoms with Crippen molar-refractivity contribution in [3.8, 4) is 0 Å². The molecule has 0 aromatic heterocycles. The lowest BCUT2D eigenvalue weighted by Gasteiger charge is -2.33. The maximum absolute atomic E-state index is 5.31. The van der Waals surface area contributed by atoms with Gasteiger partial charge in [-0.3, -0.25) is 4.90 Å². The highest BCUT2D eigenvalue weighted by Gasteiger charge is 2.19. The molecule has 0 spiro atoms. The van der Waals surface area contributed by atoms with E-state index >= 15 is 0 Å². The van der Waals surface area contributed by atoms with Gasteiger partial charge in [0.1, 0.15) is 0 Å². The molecule has 0 aliphatic carbocycles. The Morgan fingerprint density at radius 3 is 2.24 bits per heavy atom. The average Bonchev–Trinajstić information content (AvgIpc) is 2.25. The number of hydrogen-bond acceptors (Lipinski definition) is 4. The molecule has 1 unspecified atom stereocenters. The second kappa shape index (κ2) is 8.86. The van der Waals surface area contributed by atoms with Gasteiger partial charge in [0.05, 0.1) is 13.2 Å². The van der Waals surface area contributed by atoms with E-state index in [2.05, 4.69) is 37.9 Å². The molecular weight excluding hydrogens is 216 g/mol. The summed E-state index contributed by atoms with van der Waals surface area (Å²) in [4.78, 5) is 2.39. The Labute approximate surface area is 107 Å². The van der Waals surface area contributed by atoms with Crippen molar-refractivity contribution in [1.82, 2.24) is 10.2 Å². The summed E-state index contributed by atoms with van der Waals surface area (Å²) >= 11 is 0. The molecule has 0 aromatic rings. The van der Waals surface area contributed by atoms with Gasteiger partial charge in [-0.15, -0.1) is 0 Å². The Balaban J connectivity index is 4.25. The van der Waals surface area contributed by atoms with Crippen LogP contribution in [0.25, 0.3) is 0 Å². The molecule has 0 aromatic carbocycles. The molecule has 0 saturated carbocycles. The second-order valence-corrected chi connectivity index (χ2v) is 5.36. The Morgan fingerprint density at radius 2 is 1.82 bits per heavy atom. The molecule has 0 radical (unpaired) electrons. The number of rotatable bonds is 9. The molecule has 17 heavy (non-hydrogen) atoms. The fourth-order valence-corrected chi connectivity index (χ4v) is 1.72. The van der Waals surface area contributed by atoms with Crippen LogP contribution in [0.3, 0.4) is 0 Å². The number of likely N-dealkylation sites (N-methyl/N-ethyl adjacent to an activating group) is 1. The molecule has 1 atom stereocenters. The van der Waals surface area contributed by atoms with Crippen LogP contribution in [-0.2, 0) is 9.47 Å². The fourth-order valence-electron chi connectivity index (χ4n) is 1.72. The molecule has 4 nitrogen and oxygen atoms in total. The summed E-state index contributed by atoms with van der Waals surface area (Å²) in [6, 6.07) is 0.402. The van der Waals surface area contributed by atoms with E-state index < -0.39 is 0 Å². The molecule has 4 heteroatoms. The Hall–Kier alpha value is -0.160. The van der Waals surface area contributed by atoms with E-state index in [9.17, 15) is 0 Å². The van der Waals surface area contributed by atoms with Crippen molar-refractivity contribution in [3.05, 3.63) is 0 Å². The molecule has 104 valence electrons. The summed E-state index contributed by atoms with van der Waals surface area (Å²) < 4.78 is 10.5. The first-order valence-electron chi connectivity index (χ1n) is 6.41. The summed E-state index contributed by atoms with van der Waals surface area (Å²) in [5, 5.41) is 3.54. The van der Waals surface area contributed by atoms with Crippen molar-refractivity contribution in [2.24, 2.45) is 0 Å². The van der Waals surface area contributed by atoms with E-state index in [4.69, 9.17) is 9.47 Å². The minimum absolute atomic E-state index is 0.145. The third kappa shape index (κ3) is 8.55. The lowest BCUT2D eigenvalue weighted by molar-refractivity contribution is 0.0674. The normalized spacial score (nSPS) is 14.3. The third-order valence-corrected chi connectivity index (χ3v) is 2.73. The topological polar surface area (TPSA) is 33.7 Å². The van der Waals surface area contributed by atoms with Gasteiger partial charge in [-0.2, -0.15) is 0 Å². The smallest absolute Gasteiger partial charge is 0.0630 e. The number of nitrogens with zero attached hydrogens (tertiary/aromatic N) is 1. The molecule has 0 heterocycles. The molecule has 0 amide bonds. The predicted molar refractivity (Wildman–Crippen MR) is 72.5 cm³/mol. The van der Waals surface area contributed by atoms with Gasteiger partial charge in [-0.25, -0.2) is 0 Å². The third-order valence-electron chi connectivity index (χ3n) is 2.73. The highest BCUT2D eigenvalue weighted by atomic mass is 16.5. The number of nitrogens with one attached hydrogen (secondary N) is 1. The van der Waals surface area contributed by atoms with Crippen molar-refractivity contribution < 1.29 is 9.47 Å². The zero-order chi connectivity index (χ0) is 13.3. The first kappa shape index (κ1) is 16.8. The van der Waals surface area contributed by atoms with Gasteiger partial charge in [-0.1, -0.05) is 6.92 Å². The first-order valence-corrected chi connectivity index (χ1v) is 6.41. The van der Waals surface area contributed by atoms with Gasteiger partial charge >= 0.3 is 0 Å². The Bertz CT molecular complexity index is 181. The summed E-state index contributed by atoms with van der Waals surface area (Å²) in [7, 11) is 3.50. The Morgan fingerprint density at radius 1 is 1.18 bits per heavy atom. The van der Waals surface area contributed by atoms with Gasteiger partial charge in [0.2, 0.25) is 0 Å². The van der Waals surface area contributed by atoms with Crippen molar-refractivity contribution in [2.45, 2.75) is 39.3 Å². The molecule has 0 rings (SSSR count). The number of ether oxygens (including phenoxy) is 2. The fraction of sp³-hybridized carbons (Fsp3) is 1.00. The highest BCUT2D eigenvalue weighted by molar-refractivity contribution is 4.78. The van der Waals surface area contributed by atoms with Crippen LogP contribution in [0.4, 0.5) is 0 Å². The standard InChI is InChI=1S/C13H30N2O2/c1-7-15(8-9-16-5)12(11-17-6)10-14-13(2,3)4/h12,14H,7-11H2,1-6H3. The lowest BCUT2D eigenvalue weighted by atomic mass is 10.1. The van der Waals surface area contributed by atoms with E-state index in [0.29, 0.717) is 6.04 Å². The van der Waals surface area contributed by atoms with Gasteiger partial charge in [-0.05, 0) is 27.3 Å². The van der Waals surface area contributed by atoms with Crippen LogP contribution >= 0.6 is 0 Å². The van der Waals surface area contributed by atoms with E-state index in [-0.39, 0.29) is 5.54 Å². The van der Waals surface area contributed by atoms with E-state index in [0.717, 1.165) is 32.8 Å². The van der Waals surface area contributed by atoms with Crippen molar-refractivity contribution in [2.75, 3.05) is 47.1 Å². The van der Waals surface area contributed by atoms with Gasteiger partial charge in [0.15, 0.2) is 0 Å². The van der Waals surface area contributed by atoms with Crippen molar-refractivity contribution in [1.29, 1.82) is 0 Å². The highest BCUT2D eigenvalue weighted by Crippen LogP contribution is 2.04. The van der Waals surface area contributed by atoms with Crippen LogP contribution < -0.4 is 5.32 Å². The second-order valence-electron chi connectivity index (χ2n) is 5.36. The van der Waals surface area contributed by atoms with Gasteiger partial charge < -0.3 is 14.8 Å². The van der Waals surface area contributed by atoms with E-state index in [1.165, 1.54) is 0 Å². The average molecular weight is 246 g/mol. The first-order chi connectivity index (χ1) is 7.94. The van der Waals surface area contributed by atoms with Gasteiger partial charge in [0.25, 0.3) is 0 Å². The SMILES string of the molecule is CCN(CCOC)C(CNC(C)(C)C)COC. The van der Waals surface area contributed by atoms with Crippen LogP contribution in [-0.4, -0.2) is 63.5 Å². The quantitative estimate of drug-likeness (QED) is 0.666. The van der Waals surface area contributed by atoms with Crippen LogP contribution in [0.2, 0.25) is 0 Å². The van der Waals surface area contributed by atoms with Crippen LogP contribution in [0, 0.1) is 0 Å². The summed E-state index contributed by atoms with van der Waals surface area (Å²) in [5.41, 5.74) is 0.145. The zero-order valence-corrected chi connectivity index (χ0v) is 12.4. The molecular formula is C13H30N2O2. The summed E-state index contributed by atoms with van der Waals surface area (Å²) in [5.74, 6) is 0. The maximum atomic E-state index is 5.31. The lowest BCUT2D eigenvalue weighted by Crippen LogP contribution is -2.50. The van der Waals surface area contributed by atoms with Gasteiger partial charge in [0, 0.05) is 38.9 Å². The maximum Gasteiger partial charge on any atom is 0.0630 e. The predicted octanol–water partition coefficient (Wildman–Crippen LogP) is 1.36. The Kier molecular flexibility index (Phi) is 8.78. The zero-order valence-electron chi connectivity index (χ0n) is 12.4. The molecule has 0 saturated heterocycles.